The molecule has 2 saturated heterocycles. The lowest BCUT2D eigenvalue weighted by molar-refractivity contribution is 0.0777. The minimum absolute atomic E-state index is 0.466. The van der Waals surface area contributed by atoms with Crippen molar-refractivity contribution in [3.05, 3.63) is 0 Å². The lowest BCUT2D eigenvalue weighted by Gasteiger charge is -2.19. The van der Waals surface area contributed by atoms with Crippen LogP contribution in [0.5, 0.6) is 0 Å². The Kier molecular flexibility index (Phi) is 8.50. The average molecular weight is 346 g/mol. The van der Waals surface area contributed by atoms with Gasteiger partial charge in [0, 0.05) is 38.0 Å². The summed E-state index contributed by atoms with van der Waals surface area (Å²) < 4.78 is 11.0. The summed E-state index contributed by atoms with van der Waals surface area (Å²) in [5.41, 5.74) is -0.626. The molecule has 2 unspecified atom stereocenters. The number of guanidine groups is 1. The molecule has 7 heteroatoms. The molecule has 2 fully saturated rings. The summed E-state index contributed by atoms with van der Waals surface area (Å²) in [6.07, 6.45) is 2.90. The lowest BCUT2D eigenvalue weighted by Crippen LogP contribution is -2.40. The van der Waals surface area contributed by atoms with E-state index in [2.05, 4.69) is 15.6 Å². The summed E-state index contributed by atoms with van der Waals surface area (Å²) in [6, 6.07) is 0. The van der Waals surface area contributed by atoms with Gasteiger partial charge in [-0.25, -0.2) is 0 Å². The van der Waals surface area contributed by atoms with Crippen molar-refractivity contribution in [2.75, 3.05) is 57.6 Å². The zero-order valence-corrected chi connectivity index (χ0v) is 15.0. The molecule has 0 aliphatic carbocycles. The van der Waals surface area contributed by atoms with Gasteiger partial charge in [-0.2, -0.15) is 11.8 Å². The van der Waals surface area contributed by atoms with Crippen LogP contribution in [0.2, 0.25) is 0 Å². The molecule has 0 spiro atoms. The molecular weight excluding hydrogens is 314 g/mol. The molecule has 6 nitrogen and oxygen atoms in total. The predicted octanol–water partition coefficient (Wildman–Crippen LogP) is 0.853. The highest BCUT2D eigenvalue weighted by atomic mass is 32.2. The van der Waals surface area contributed by atoms with Crippen molar-refractivity contribution in [3.8, 4) is 0 Å². The highest BCUT2D eigenvalue weighted by Gasteiger charge is 2.31. The summed E-state index contributed by atoms with van der Waals surface area (Å²) >= 11 is 1.80. The number of hydrogen-bond donors (Lipinski definition) is 3. The van der Waals surface area contributed by atoms with E-state index < -0.39 is 5.60 Å². The number of rotatable bonds is 9. The minimum Gasteiger partial charge on any atom is -0.387 e. The first-order valence-corrected chi connectivity index (χ1v) is 9.85. The molecular formula is C16H31N3O3S. The van der Waals surface area contributed by atoms with Gasteiger partial charge in [0.1, 0.15) is 0 Å². The number of nitrogens with one attached hydrogen (secondary N) is 2. The van der Waals surface area contributed by atoms with E-state index in [0.29, 0.717) is 12.5 Å². The Balaban J connectivity index is 1.57. The van der Waals surface area contributed by atoms with Gasteiger partial charge in [0.05, 0.1) is 25.4 Å². The maximum Gasteiger partial charge on any atom is 0.191 e. The predicted molar refractivity (Wildman–Crippen MR) is 95.2 cm³/mol. The number of aliphatic hydroxyl groups is 1. The second-order valence-corrected chi connectivity index (χ2v) is 7.41. The smallest absolute Gasteiger partial charge is 0.191 e. The van der Waals surface area contributed by atoms with E-state index in [0.717, 1.165) is 76.2 Å². The number of nitrogens with zero attached hydrogens (tertiary/aromatic N) is 1. The summed E-state index contributed by atoms with van der Waals surface area (Å²) in [5.74, 6) is 3.17. The van der Waals surface area contributed by atoms with E-state index in [4.69, 9.17) is 9.47 Å². The summed E-state index contributed by atoms with van der Waals surface area (Å²) in [4.78, 5) is 4.52. The first-order valence-electron chi connectivity index (χ1n) is 8.70. The number of ether oxygens (including phenoxy) is 2. The third kappa shape index (κ3) is 7.28. The van der Waals surface area contributed by atoms with Crippen LogP contribution in [0.3, 0.4) is 0 Å². The van der Waals surface area contributed by atoms with Gasteiger partial charge in [0.2, 0.25) is 0 Å². The van der Waals surface area contributed by atoms with E-state index in [1.54, 1.807) is 11.8 Å². The second kappa shape index (κ2) is 10.4. The molecule has 2 atom stereocenters. The quantitative estimate of drug-likeness (QED) is 0.327. The first kappa shape index (κ1) is 18.8. The van der Waals surface area contributed by atoms with Crippen molar-refractivity contribution in [1.82, 2.24) is 10.6 Å². The Morgan fingerprint density at radius 2 is 2.39 bits per heavy atom. The molecule has 2 rings (SSSR count). The van der Waals surface area contributed by atoms with Crippen molar-refractivity contribution in [3.63, 3.8) is 0 Å². The van der Waals surface area contributed by atoms with Crippen LogP contribution in [-0.2, 0) is 9.47 Å². The van der Waals surface area contributed by atoms with E-state index >= 15 is 0 Å². The number of aliphatic imine (C=N–C) groups is 1. The normalized spacial score (nSPS) is 28.3. The number of hydrogen-bond acceptors (Lipinski definition) is 5. The van der Waals surface area contributed by atoms with Gasteiger partial charge in [-0.15, -0.1) is 0 Å². The fourth-order valence-electron chi connectivity index (χ4n) is 2.63. The summed E-state index contributed by atoms with van der Waals surface area (Å²) in [6.45, 7) is 7.43. The molecule has 23 heavy (non-hydrogen) atoms. The minimum atomic E-state index is -0.626. The molecule has 2 aliphatic rings. The summed E-state index contributed by atoms with van der Waals surface area (Å²) in [7, 11) is 0. The highest BCUT2D eigenvalue weighted by molar-refractivity contribution is 7.99. The Morgan fingerprint density at radius 3 is 3.09 bits per heavy atom. The standard InChI is InChI=1S/C16H31N3O3S/c1-2-17-15(19-12-16(20)5-9-23-13-16)18-6-3-7-21-10-14-4-8-22-11-14/h14,20H,2-13H2,1H3,(H2,17,18,19). The molecule has 0 aromatic heterocycles. The van der Waals surface area contributed by atoms with E-state index in [1.807, 2.05) is 6.92 Å². The maximum absolute atomic E-state index is 10.3. The van der Waals surface area contributed by atoms with Gasteiger partial charge in [-0.05, 0) is 31.9 Å². The van der Waals surface area contributed by atoms with Crippen LogP contribution >= 0.6 is 11.8 Å². The molecule has 0 amide bonds. The Hall–Kier alpha value is -0.500. The van der Waals surface area contributed by atoms with Crippen LogP contribution < -0.4 is 10.6 Å². The van der Waals surface area contributed by atoms with Crippen molar-refractivity contribution in [2.45, 2.75) is 31.8 Å². The second-order valence-electron chi connectivity index (χ2n) is 6.31. The van der Waals surface area contributed by atoms with Gasteiger partial charge in [-0.1, -0.05) is 0 Å². The molecule has 0 saturated carbocycles. The number of thioether (sulfide) groups is 1. The van der Waals surface area contributed by atoms with Gasteiger partial charge in [-0.3, -0.25) is 4.99 Å². The molecule has 0 aromatic carbocycles. The fraction of sp³-hybridized carbons (Fsp3) is 0.938. The molecule has 0 bridgehead atoms. The van der Waals surface area contributed by atoms with Crippen LogP contribution in [0.1, 0.15) is 26.2 Å². The van der Waals surface area contributed by atoms with Crippen molar-refractivity contribution < 1.29 is 14.6 Å². The van der Waals surface area contributed by atoms with Gasteiger partial charge in [0.15, 0.2) is 5.96 Å². The van der Waals surface area contributed by atoms with Crippen LogP contribution in [0.4, 0.5) is 0 Å². The van der Waals surface area contributed by atoms with Crippen molar-refractivity contribution in [2.24, 2.45) is 10.9 Å². The third-order valence-corrected chi connectivity index (χ3v) is 5.33. The molecule has 2 aliphatic heterocycles. The van der Waals surface area contributed by atoms with E-state index in [9.17, 15) is 5.11 Å². The zero-order valence-electron chi connectivity index (χ0n) is 14.2. The van der Waals surface area contributed by atoms with E-state index in [-0.39, 0.29) is 0 Å². The fourth-order valence-corrected chi connectivity index (χ4v) is 3.92. The maximum atomic E-state index is 10.3. The first-order chi connectivity index (χ1) is 11.2. The lowest BCUT2D eigenvalue weighted by atomic mass is 10.1. The van der Waals surface area contributed by atoms with Crippen LogP contribution in [0, 0.1) is 5.92 Å². The van der Waals surface area contributed by atoms with Crippen LogP contribution in [0.25, 0.3) is 0 Å². The molecule has 134 valence electrons. The topological polar surface area (TPSA) is 75.1 Å². The monoisotopic (exact) mass is 345 g/mol. The van der Waals surface area contributed by atoms with E-state index in [1.165, 1.54) is 0 Å². The Morgan fingerprint density at radius 1 is 1.48 bits per heavy atom. The zero-order chi connectivity index (χ0) is 16.4. The Bertz CT molecular complexity index is 356. The average Bonchev–Trinajstić information content (AvgIpc) is 3.20. The highest BCUT2D eigenvalue weighted by Crippen LogP contribution is 2.27. The van der Waals surface area contributed by atoms with Gasteiger partial charge in [0.25, 0.3) is 0 Å². The molecule has 0 aromatic rings. The SMILES string of the molecule is CCNC(=NCC1(O)CCSC1)NCCCOCC1CCOC1. The van der Waals surface area contributed by atoms with Crippen molar-refractivity contribution >= 4 is 17.7 Å². The largest absolute Gasteiger partial charge is 0.387 e. The van der Waals surface area contributed by atoms with Crippen molar-refractivity contribution in [1.29, 1.82) is 0 Å². The molecule has 2 heterocycles. The molecule has 3 N–H and O–H groups in total. The van der Waals surface area contributed by atoms with Crippen LogP contribution in [0.15, 0.2) is 4.99 Å². The van der Waals surface area contributed by atoms with Gasteiger partial charge >= 0.3 is 0 Å². The molecule has 0 radical (unpaired) electrons. The van der Waals surface area contributed by atoms with Crippen LogP contribution in [-0.4, -0.2) is 74.2 Å². The third-order valence-electron chi connectivity index (χ3n) is 4.09. The summed E-state index contributed by atoms with van der Waals surface area (Å²) in [5, 5.41) is 16.9. The Labute approximate surface area is 143 Å². The van der Waals surface area contributed by atoms with Gasteiger partial charge < -0.3 is 25.2 Å².